The van der Waals surface area contributed by atoms with E-state index in [1.807, 2.05) is 21.1 Å². The maximum Gasteiger partial charge on any atom is 0.472 e. The zero-order valence-electron chi connectivity index (χ0n) is 32.0. The van der Waals surface area contributed by atoms with Crippen molar-refractivity contribution >= 4 is 13.8 Å². The molecule has 2 atom stereocenters. The van der Waals surface area contributed by atoms with Crippen LogP contribution in [0.5, 0.6) is 0 Å². The normalized spacial score (nSPS) is 14.2. The van der Waals surface area contributed by atoms with Crippen molar-refractivity contribution in [3.8, 4) is 0 Å². The van der Waals surface area contributed by atoms with Crippen LogP contribution < -0.4 is 0 Å². The van der Waals surface area contributed by atoms with Crippen molar-refractivity contribution in [1.29, 1.82) is 0 Å². The number of rotatable bonds is 36. The highest BCUT2D eigenvalue weighted by Crippen LogP contribution is 2.43. The molecular formula is C39H77NO7P+. The minimum Gasteiger partial charge on any atom is -0.457 e. The summed E-state index contributed by atoms with van der Waals surface area (Å²) < 4.78 is 34.8. The molecule has 0 aromatic rings. The van der Waals surface area contributed by atoms with Crippen molar-refractivity contribution in [2.24, 2.45) is 0 Å². The van der Waals surface area contributed by atoms with Gasteiger partial charge in [-0.2, -0.15) is 0 Å². The fourth-order valence-corrected chi connectivity index (χ4v) is 5.91. The summed E-state index contributed by atoms with van der Waals surface area (Å²) in [5.74, 6) is -0.328. The van der Waals surface area contributed by atoms with Crippen LogP contribution in [0.15, 0.2) is 24.3 Å². The molecule has 284 valence electrons. The third-order valence-corrected chi connectivity index (χ3v) is 9.25. The second-order valence-electron chi connectivity index (χ2n) is 14.3. The number of carbonyl (C=O) groups excluding carboxylic acids is 1. The Morgan fingerprint density at radius 3 is 1.71 bits per heavy atom. The van der Waals surface area contributed by atoms with Crippen LogP contribution in [-0.4, -0.2) is 75.6 Å². The van der Waals surface area contributed by atoms with Crippen LogP contribution in [0.3, 0.4) is 0 Å². The minimum absolute atomic E-state index is 0.0872. The Morgan fingerprint density at radius 2 is 1.15 bits per heavy atom. The first-order valence-electron chi connectivity index (χ1n) is 19.6. The fourth-order valence-electron chi connectivity index (χ4n) is 5.17. The van der Waals surface area contributed by atoms with Crippen LogP contribution in [0.1, 0.15) is 162 Å². The highest BCUT2D eigenvalue weighted by molar-refractivity contribution is 7.47. The summed E-state index contributed by atoms with van der Waals surface area (Å²) in [5, 5.41) is 0. The van der Waals surface area contributed by atoms with Gasteiger partial charge >= 0.3 is 13.8 Å². The quantitative estimate of drug-likeness (QED) is 0.0228. The van der Waals surface area contributed by atoms with Gasteiger partial charge in [0.15, 0.2) is 0 Å². The van der Waals surface area contributed by atoms with Crippen molar-refractivity contribution in [3.63, 3.8) is 0 Å². The molecule has 0 bridgehead atoms. The number of nitrogens with zero attached hydrogens (tertiary/aromatic N) is 1. The summed E-state index contributed by atoms with van der Waals surface area (Å²) in [6, 6.07) is 0. The molecule has 0 aliphatic heterocycles. The van der Waals surface area contributed by atoms with Gasteiger partial charge in [-0.25, -0.2) is 4.57 Å². The Kier molecular flexibility index (Phi) is 32.4. The number of ether oxygens (including phenoxy) is 2. The topological polar surface area (TPSA) is 91.3 Å². The number of phosphoric ester groups is 1. The zero-order valence-corrected chi connectivity index (χ0v) is 32.9. The lowest BCUT2D eigenvalue weighted by Crippen LogP contribution is -2.37. The molecule has 0 saturated carbocycles. The van der Waals surface area contributed by atoms with E-state index in [1.54, 1.807) is 0 Å². The number of esters is 1. The summed E-state index contributed by atoms with van der Waals surface area (Å²) in [6.45, 7) is 5.58. The Labute approximate surface area is 296 Å². The second-order valence-corrected chi connectivity index (χ2v) is 15.8. The summed E-state index contributed by atoms with van der Waals surface area (Å²) in [6.07, 6.45) is 34.8. The largest absolute Gasteiger partial charge is 0.472 e. The summed E-state index contributed by atoms with van der Waals surface area (Å²) in [5.41, 5.74) is 0. The molecule has 0 spiro atoms. The van der Waals surface area contributed by atoms with Gasteiger partial charge in [-0.05, 0) is 44.9 Å². The van der Waals surface area contributed by atoms with Crippen molar-refractivity contribution in [3.05, 3.63) is 24.3 Å². The highest BCUT2D eigenvalue weighted by Gasteiger charge is 2.26. The van der Waals surface area contributed by atoms with E-state index < -0.39 is 13.9 Å². The van der Waals surface area contributed by atoms with Crippen LogP contribution in [0.25, 0.3) is 0 Å². The van der Waals surface area contributed by atoms with Crippen LogP contribution in [-0.2, 0) is 27.9 Å². The first-order chi connectivity index (χ1) is 23.1. The average Bonchev–Trinajstić information content (AvgIpc) is 3.03. The molecule has 48 heavy (non-hydrogen) atoms. The first kappa shape index (κ1) is 47.0. The molecule has 1 N–H and O–H groups in total. The molecule has 0 aromatic heterocycles. The predicted octanol–water partition coefficient (Wildman–Crippen LogP) is 10.9. The van der Waals surface area contributed by atoms with E-state index in [0.717, 1.165) is 57.8 Å². The highest BCUT2D eigenvalue weighted by atomic mass is 31.2. The van der Waals surface area contributed by atoms with Crippen LogP contribution in [0, 0.1) is 0 Å². The van der Waals surface area contributed by atoms with E-state index >= 15 is 0 Å². The lowest BCUT2D eigenvalue weighted by atomic mass is 10.1. The summed E-state index contributed by atoms with van der Waals surface area (Å²) in [7, 11) is 1.66. The van der Waals surface area contributed by atoms with E-state index in [9.17, 15) is 14.3 Å². The van der Waals surface area contributed by atoms with Crippen LogP contribution in [0.2, 0.25) is 0 Å². The number of hydrogen-bond donors (Lipinski definition) is 1. The van der Waals surface area contributed by atoms with Gasteiger partial charge in [0, 0.05) is 13.0 Å². The number of hydrogen-bond acceptors (Lipinski definition) is 6. The van der Waals surface area contributed by atoms with Gasteiger partial charge < -0.3 is 18.9 Å². The average molecular weight is 703 g/mol. The van der Waals surface area contributed by atoms with Gasteiger partial charge in [-0.15, -0.1) is 0 Å². The number of quaternary nitrogens is 1. The predicted molar refractivity (Wildman–Crippen MR) is 201 cm³/mol. The van der Waals surface area contributed by atoms with E-state index in [1.165, 1.54) is 83.5 Å². The Morgan fingerprint density at radius 1 is 0.646 bits per heavy atom. The van der Waals surface area contributed by atoms with E-state index in [2.05, 4.69) is 38.2 Å². The number of allylic oxidation sites excluding steroid dienone is 4. The standard InChI is InChI=1S/C39H76NO7P/c1-6-8-10-12-14-16-18-19-20-21-22-23-24-26-28-30-32-39(41)47-38(37-46-48(42,43)45-35-33-40(3,4)5)36-44-34-31-29-27-25-17-15-13-11-9-7-2/h16,18,20-21,38H,6-15,17,19,22-37H2,1-5H3/p+1/b18-16-,21-20-. The SMILES string of the molecule is CCCCCC/C=C\C/C=C\CCCCCCCC(=O)OC(COCCCCCCCCCCCC)COP(=O)(O)OCC[N+](C)(C)C. The molecule has 8 nitrogen and oxygen atoms in total. The Hall–Kier alpha value is -1.02. The maximum absolute atomic E-state index is 12.6. The van der Waals surface area contributed by atoms with Crippen LogP contribution in [0.4, 0.5) is 0 Å². The number of phosphoric acid groups is 1. The van der Waals surface area contributed by atoms with E-state index in [-0.39, 0.29) is 25.8 Å². The molecule has 0 aliphatic carbocycles. The molecule has 0 heterocycles. The zero-order chi connectivity index (χ0) is 35.6. The van der Waals surface area contributed by atoms with Crippen molar-refractivity contribution in [1.82, 2.24) is 0 Å². The summed E-state index contributed by atoms with van der Waals surface area (Å²) in [4.78, 5) is 22.8. The lowest BCUT2D eigenvalue weighted by molar-refractivity contribution is -0.870. The van der Waals surface area contributed by atoms with E-state index in [0.29, 0.717) is 24.1 Å². The van der Waals surface area contributed by atoms with Gasteiger partial charge in [0.2, 0.25) is 0 Å². The number of likely N-dealkylation sites (N-methyl/N-ethyl adjacent to an activating group) is 1. The number of carbonyl (C=O) groups is 1. The molecule has 9 heteroatoms. The van der Waals surface area contributed by atoms with Gasteiger partial charge in [0.05, 0.1) is 34.4 Å². The first-order valence-corrected chi connectivity index (χ1v) is 21.1. The van der Waals surface area contributed by atoms with E-state index in [4.69, 9.17) is 18.5 Å². The smallest absolute Gasteiger partial charge is 0.457 e. The van der Waals surface area contributed by atoms with Gasteiger partial charge in [-0.1, -0.05) is 134 Å². The molecule has 0 amide bonds. The molecule has 0 aromatic carbocycles. The maximum atomic E-state index is 12.6. The Bertz CT molecular complexity index is 828. The molecular weight excluding hydrogens is 625 g/mol. The van der Waals surface area contributed by atoms with Gasteiger partial charge in [0.1, 0.15) is 19.3 Å². The third-order valence-electron chi connectivity index (χ3n) is 8.27. The van der Waals surface area contributed by atoms with Gasteiger partial charge in [-0.3, -0.25) is 13.8 Å². The number of unbranched alkanes of at least 4 members (excludes halogenated alkanes) is 18. The Balaban J connectivity index is 4.30. The lowest BCUT2D eigenvalue weighted by Gasteiger charge is -2.24. The fraction of sp³-hybridized carbons (Fsp3) is 0.872. The summed E-state index contributed by atoms with van der Waals surface area (Å²) >= 11 is 0. The molecule has 0 radical (unpaired) electrons. The second kappa shape index (κ2) is 33.1. The molecule has 2 unspecified atom stereocenters. The van der Waals surface area contributed by atoms with Crippen molar-refractivity contribution < 1.29 is 37.3 Å². The van der Waals surface area contributed by atoms with Crippen LogP contribution >= 0.6 is 7.82 Å². The molecule has 0 saturated heterocycles. The molecule has 0 aliphatic rings. The monoisotopic (exact) mass is 703 g/mol. The third kappa shape index (κ3) is 36.3. The molecule has 0 rings (SSSR count). The van der Waals surface area contributed by atoms with Crippen molar-refractivity contribution in [2.45, 2.75) is 168 Å². The molecule has 0 fully saturated rings. The minimum atomic E-state index is -4.27. The van der Waals surface area contributed by atoms with Gasteiger partial charge in [0.25, 0.3) is 0 Å². The van der Waals surface area contributed by atoms with Crippen molar-refractivity contribution in [2.75, 3.05) is 54.1 Å².